The van der Waals surface area contributed by atoms with Gasteiger partial charge in [-0.25, -0.2) is 9.18 Å². The molecule has 3 amide bonds. The van der Waals surface area contributed by atoms with Crippen LogP contribution in [0, 0.1) is 17.7 Å². The maximum atomic E-state index is 13.2. The normalized spacial score (nSPS) is 20.0. The van der Waals surface area contributed by atoms with Gasteiger partial charge >= 0.3 is 6.03 Å². The number of carbonyl (C=O) groups excluding carboxylic acids is 2. The monoisotopic (exact) mass is 349 g/mol. The van der Waals surface area contributed by atoms with Crippen molar-refractivity contribution < 1.29 is 14.0 Å². The van der Waals surface area contributed by atoms with Gasteiger partial charge in [0.05, 0.1) is 5.92 Å². The number of rotatable bonds is 6. The van der Waals surface area contributed by atoms with E-state index >= 15 is 0 Å². The molecule has 138 valence electrons. The number of benzene rings is 1. The first kappa shape index (κ1) is 19.2. The van der Waals surface area contributed by atoms with Crippen LogP contribution in [0.3, 0.4) is 0 Å². The lowest BCUT2D eigenvalue weighted by Crippen LogP contribution is -2.40. The van der Waals surface area contributed by atoms with Crippen molar-refractivity contribution in [3.8, 4) is 0 Å². The van der Waals surface area contributed by atoms with Gasteiger partial charge in [0.2, 0.25) is 5.91 Å². The third-order valence-electron chi connectivity index (χ3n) is 4.59. The zero-order chi connectivity index (χ0) is 18.4. The summed E-state index contributed by atoms with van der Waals surface area (Å²) in [4.78, 5) is 26.5. The fourth-order valence-electron chi connectivity index (χ4n) is 3.16. The van der Waals surface area contributed by atoms with Crippen LogP contribution in [0.5, 0.6) is 0 Å². The van der Waals surface area contributed by atoms with Gasteiger partial charge in [0.1, 0.15) is 5.82 Å². The molecule has 5 nitrogen and oxygen atoms in total. The van der Waals surface area contributed by atoms with Crippen molar-refractivity contribution in [2.75, 3.05) is 26.2 Å². The van der Waals surface area contributed by atoms with Crippen molar-refractivity contribution in [3.05, 3.63) is 35.6 Å². The molecule has 2 atom stereocenters. The number of hydrogen-bond donors (Lipinski definition) is 2. The van der Waals surface area contributed by atoms with Gasteiger partial charge in [-0.1, -0.05) is 26.0 Å². The molecule has 6 heteroatoms. The Labute approximate surface area is 149 Å². The van der Waals surface area contributed by atoms with E-state index in [0.717, 1.165) is 12.0 Å². The zero-order valence-corrected chi connectivity index (χ0v) is 15.2. The number of amides is 3. The van der Waals surface area contributed by atoms with E-state index < -0.39 is 0 Å². The van der Waals surface area contributed by atoms with E-state index in [1.165, 1.54) is 12.1 Å². The van der Waals surface area contributed by atoms with E-state index in [9.17, 15) is 14.0 Å². The molecule has 1 aliphatic heterocycles. The summed E-state index contributed by atoms with van der Waals surface area (Å²) in [5.74, 6) is -0.270. The summed E-state index contributed by atoms with van der Waals surface area (Å²) < 4.78 is 13.2. The molecule has 0 radical (unpaired) electrons. The number of nitrogens with zero attached hydrogens (tertiary/aromatic N) is 1. The Morgan fingerprint density at radius 3 is 2.48 bits per heavy atom. The number of halogens is 1. The predicted octanol–water partition coefficient (Wildman–Crippen LogP) is 2.73. The molecule has 1 heterocycles. The third-order valence-corrected chi connectivity index (χ3v) is 4.59. The van der Waals surface area contributed by atoms with Crippen LogP contribution >= 0.6 is 0 Å². The summed E-state index contributed by atoms with van der Waals surface area (Å²) in [5.41, 5.74) is 0.886. The van der Waals surface area contributed by atoms with Gasteiger partial charge in [-0.05, 0) is 37.0 Å². The molecule has 1 aromatic carbocycles. The minimum Gasteiger partial charge on any atom is -0.356 e. The summed E-state index contributed by atoms with van der Waals surface area (Å²) in [6.07, 6.45) is 0.916. The number of carbonyl (C=O) groups is 2. The van der Waals surface area contributed by atoms with Crippen LogP contribution in [-0.4, -0.2) is 43.0 Å². The molecular weight excluding hydrogens is 321 g/mol. The summed E-state index contributed by atoms with van der Waals surface area (Å²) in [6, 6.07) is 6.05. The summed E-state index contributed by atoms with van der Waals surface area (Å²) >= 11 is 0. The number of hydrogen-bond acceptors (Lipinski definition) is 2. The highest BCUT2D eigenvalue weighted by Gasteiger charge is 2.40. The van der Waals surface area contributed by atoms with Crippen molar-refractivity contribution in [1.82, 2.24) is 15.5 Å². The van der Waals surface area contributed by atoms with Crippen LogP contribution < -0.4 is 10.6 Å². The van der Waals surface area contributed by atoms with Gasteiger partial charge in [-0.3, -0.25) is 4.79 Å². The molecule has 0 spiro atoms. The number of nitrogens with one attached hydrogen (secondary N) is 2. The predicted molar refractivity (Wildman–Crippen MR) is 95.7 cm³/mol. The fraction of sp³-hybridized carbons (Fsp3) is 0.579. The first-order valence-corrected chi connectivity index (χ1v) is 8.98. The van der Waals surface area contributed by atoms with E-state index in [1.54, 1.807) is 17.0 Å². The highest BCUT2D eigenvalue weighted by atomic mass is 19.1. The Morgan fingerprint density at radius 1 is 1.20 bits per heavy atom. The van der Waals surface area contributed by atoms with Crippen LogP contribution in [0.2, 0.25) is 0 Å². The Bertz CT molecular complexity index is 589. The largest absolute Gasteiger partial charge is 0.356 e. The van der Waals surface area contributed by atoms with E-state index in [0.29, 0.717) is 32.1 Å². The number of urea groups is 1. The Hall–Kier alpha value is -2.11. The Morgan fingerprint density at radius 2 is 1.88 bits per heavy atom. The van der Waals surface area contributed by atoms with Gasteiger partial charge in [0, 0.05) is 32.1 Å². The quantitative estimate of drug-likeness (QED) is 0.829. The average molecular weight is 349 g/mol. The van der Waals surface area contributed by atoms with E-state index in [1.807, 2.05) is 6.92 Å². The molecule has 0 aromatic heterocycles. The van der Waals surface area contributed by atoms with E-state index in [-0.39, 0.29) is 29.6 Å². The van der Waals surface area contributed by atoms with Crippen molar-refractivity contribution in [2.45, 2.75) is 33.1 Å². The molecule has 2 rings (SSSR count). The fourth-order valence-corrected chi connectivity index (χ4v) is 3.16. The molecule has 0 aliphatic carbocycles. The lowest BCUT2D eigenvalue weighted by atomic mass is 9.88. The molecule has 25 heavy (non-hydrogen) atoms. The van der Waals surface area contributed by atoms with Crippen molar-refractivity contribution in [2.24, 2.45) is 11.8 Å². The Kier molecular flexibility index (Phi) is 6.79. The maximum absolute atomic E-state index is 13.2. The maximum Gasteiger partial charge on any atom is 0.317 e. The smallest absolute Gasteiger partial charge is 0.317 e. The minimum atomic E-state index is -0.319. The molecule has 1 aliphatic rings. The van der Waals surface area contributed by atoms with Crippen LogP contribution in [0.25, 0.3) is 0 Å². The second kappa shape index (κ2) is 8.83. The zero-order valence-electron chi connectivity index (χ0n) is 15.2. The average Bonchev–Trinajstić information content (AvgIpc) is 3.01. The molecular formula is C19H28FN3O2. The van der Waals surface area contributed by atoms with E-state index in [2.05, 4.69) is 24.5 Å². The first-order chi connectivity index (χ1) is 11.9. The van der Waals surface area contributed by atoms with Crippen molar-refractivity contribution in [3.63, 3.8) is 0 Å². The van der Waals surface area contributed by atoms with Crippen LogP contribution in [-0.2, 0) is 4.79 Å². The molecule has 1 saturated heterocycles. The molecule has 1 fully saturated rings. The SMILES string of the molecule is CCNC(=O)N1C[C@H](c2ccc(F)cc2)[C@H](C(=O)NCCC(C)C)C1. The van der Waals surface area contributed by atoms with Gasteiger partial charge in [0.25, 0.3) is 0 Å². The minimum absolute atomic E-state index is 0.0400. The third kappa shape index (κ3) is 5.18. The van der Waals surface area contributed by atoms with Gasteiger partial charge < -0.3 is 15.5 Å². The highest BCUT2D eigenvalue weighted by Crippen LogP contribution is 2.33. The lowest BCUT2D eigenvalue weighted by Gasteiger charge is -2.18. The van der Waals surface area contributed by atoms with Crippen molar-refractivity contribution >= 4 is 11.9 Å². The molecule has 2 N–H and O–H groups in total. The van der Waals surface area contributed by atoms with Gasteiger partial charge in [0.15, 0.2) is 0 Å². The summed E-state index contributed by atoms with van der Waals surface area (Å²) in [6.45, 7) is 8.09. The summed E-state index contributed by atoms with van der Waals surface area (Å²) in [7, 11) is 0. The molecule has 0 saturated carbocycles. The van der Waals surface area contributed by atoms with E-state index in [4.69, 9.17) is 0 Å². The summed E-state index contributed by atoms with van der Waals surface area (Å²) in [5, 5.41) is 5.77. The number of likely N-dealkylation sites (tertiary alicyclic amines) is 1. The first-order valence-electron chi connectivity index (χ1n) is 8.98. The second-order valence-corrected chi connectivity index (χ2v) is 6.98. The second-order valence-electron chi connectivity index (χ2n) is 6.98. The lowest BCUT2D eigenvalue weighted by molar-refractivity contribution is -0.124. The molecule has 0 bridgehead atoms. The van der Waals surface area contributed by atoms with Crippen LogP contribution in [0.15, 0.2) is 24.3 Å². The Balaban J connectivity index is 2.12. The molecule has 0 unspecified atom stereocenters. The van der Waals surface area contributed by atoms with Crippen LogP contribution in [0.4, 0.5) is 9.18 Å². The molecule has 1 aromatic rings. The standard InChI is InChI=1S/C19H28FN3O2/c1-4-21-19(25)23-11-16(14-5-7-15(20)8-6-14)17(12-23)18(24)22-10-9-13(2)3/h5-8,13,16-17H,4,9-12H2,1-3H3,(H,21,25)(H,22,24)/t16-,17-/m1/s1. The van der Waals surface area contributed by atoms with Gasteiger partial charge in [-0.2, -0.15) is 0 Å². The van der Waals surface area contributed by atoms with Gasteiger partial charge in [-0.15, -0.1) is 0 Å². The van der Waals surface area contributed by atoms with Crippen molar-refractivity contribution in [1.29, 1.82) is 0 Å². The topological polar surface area (TPSA) is 61.4 Å². The highest BCUT2D eigenvalue weighted by molar-refractivity contribution is 5.82. The van der Waals surface area contributed by atoms with Crippen LogP contribution in [0.1, 0.15) is 38.7 Å².